The van der Waals surface area contributed by atoms with E-state index in [0.29, 0.717) is 9.61 Å². The Balaban J connectivity index is 2.59. The lowest BCUT2D eigenvalue weighted by Crippen LogP contribution is -2.03. The normalized spacial score (nSPS) is 10.4. The van der Waals surface area contributed by atoms with Crippen molar-refractivity contribution in [3.8, 4) is 10.4 Å². The first-order chi connectivity index (χ1) is 8.51. The summed E-state index contributed by atoms with van der Waals surface area (Å²) in [5, 5.41) is 0. The standard InChI is InChI=1S/C13H12BrNO2S/c1-7-4-8(2)6-9(5-7)11-10(12(16)17-3)15-13(14)18-11/h4-6H,1-3H3. The molecule has 0 saturated heterocycles. The molecule has 0 aliphatic carbocycles. The third kappa shape index (κ3) is 2.62. The maximum Gasteiger partial charge on any atom is 0.358 e. The third-order valence-corrected chi connectivity index (χ3v) is 4.02. The van der Waals surface area contributed by atoms with E-state index in [0.717, 1.165) is 21.6 Å². The molecule has 0 N–H and O–H groups in total. The van der Waals surface area contributed by atoms with Crippen molar-refractivity contribution in [3.63, 3.8) is 0 Å². The minimum atomic E-state index is -0.411. The Kier molecular flexibility index (Phi) is 3.82. The van der Waals surface area contributed by atoms with E-state index in [2.05, 4.69) is 27.0 Å². The first-order valence-electron chi connectivity index (χ1n) is 5.34. The smallest absolute Gasteiger partial charge is 0.358 e. The molecule has 0 aliphatic heterocycles. The molecule has 3 nitrogen and oxygen atoms in total. The summed E-state index contributed by atoms with van der Waals surface area (Å²) in [6.07, 6.45) is 0. The lowest BCUT2D eigenvalue weighted by atomic mass is 10.1. The lowest BCUT2D eigenvalue weighted by molar-refractivity contribution is 0.0595. The summed E-state index contributed by atoms with van der Waals surface area (Å²) >= 11 is 4.75. The fourth-order valence-electron chi connectivity index (χ4n) is 1.83. The minimum absolute atomic E-state index is 0.361. The molecule has 0 bridgehead atoms. The van der Waals surface area contributed by atoms with Gasteiger partial charge in [0.05, 0.1) is 12.0 Å². The zero-order chi connectivity index (χ0) is 13.3. The van der Waals surface area contributed by atoms with Crippen LogP contribution in [0.2, 0.25) is 0 Å². The molecule has 1 aromatic heterocycles. The van der Waals surface area contributed by atoms with Crippen LogP contribution < -0.4 is 0 Å². The highest BCUT2D eigenvalue weighted by molar-refractivity contribution is 9.11. The van der Waals surface area contributed by atoms with Crippen LogP contribution in [0.25, 0.3) is 10.4 Å². The summed E-state index contributed by atoms with van der Waals surface area (Å²) in [6.45, 7) is 4.06. The molecule has 1 aromatic carbocycles. The highest BCUT2D eigenvalue weighted by atomic mass is 79.9. The predicted molar refractivity (Wildman–Crippen MR) is 76.1 cm³/mol. The molecule has 0 spiro atoms. The second-order valence-electron chi connectivity index (χ2n) is 4.01. The molecule has 0 radical (unpaired) electrons. The number of carbonyl (C=O) groups is 1. The largest absolute Gasteiger partial charge is 0.464 e. The van der Waals surface area contributed by atoms with Crippen LogP contribution in [0.4, 0.5) is 0 Å². The molecule has 0 unspecified atom stereocenters. The van der Waals surface area contributed by atoms with Crippen LogP contribution in [0.3, 0.4) is 0 Å². The molecular formula is C13H12BrNO2S. The van der Waals surface area contributed by atoms with Gasteiger partial charge in [-0.1, -0.05) is 29.3 Å². The van der Waals surface area contributed by atoms with Crippen molar-refractivity contribution >= 4 is 33.2 Å². The van der Waals surface area contributed by atoms with E-state index in [4.69, 9.17) is 4.74 Å². The van der Waals surface area contributed by atoms with Crippen LogP contribution >= 0.6 is 27.3 Å². The van der Waals surface area contributed by atoms with Crippen molar-refractivity contribution in [1.82, 2.24) is 4.98 Å². The molecule has 1 heterocycles. The van der Waals surface area contributed by atoms with Gasteiger partial charge in [0, 0.05) is 0 Å². The van der Waals surface area contributed by atoms with Crippen LogP contribution in [0.15, 0.2) is 22.1 Å². The number of thiazole rings is 1. The molecule has 0 atom stereocenters. The molecule has 0 fully saturated rings. The maximum atomic E-state index is 11.7. The van der Waals surface area contributed by atoms with E-state index in [1.54, 1.807) is 0 Å². The van der Waals surface area contributed by atoms with E-state index >= 15 is 0 Å². The van der Waals surface area contributed by atoms with Gasteiger partial charge in [0.1, 0.15) is 0 Å². The molecule has 0 aliphatic rings. The Labute approximate surface area is 118 Å². The van der Waals surface area contributed by atoms with E-state index < -0.39 is 5.97 Å². The van der Waals surface area contributed by atoms with Gasteiger partial charge in [-0.2, -0.15) is 0 Å². The van der Waals surface area contributed by atoms with Gasteiger partial charge in [0.2, 0.25) is 0 Å². The van der Waals surface area contributed by atoms with Crippen molar-refractivity contribution in [2.24, 2.45) is 0 Å². The lowest BCUT2D eigenvalue weighted by Gasteiger charge is -2.04. The number of esters is 1. The van der Waals surface area contributed by atoms with Crippen LogP contribution in [0.1, 0.15) is 21.6 Å². The zero-order valence-corrected chi connectivity index (χ0v) is 12.7. The summed E-state index contributed by atoms with van der Waals surface area (Å²) in [5.74, 6) is -0.411. The van der Waals surface area contributed by atoms with Crippen LogP contribution in [0, 0.1) is 13.8 Å². The van der Waals surface area contributed by atoms with Crippen molar-refractivity contribution in [3.05, 3.63) is 38.9 Å². The van der Waals surface area contributed by atoms with Gasteiger partial charge in [0.15, 0.2) is 9.61 Å². The average molecular weight is 326 g/mol. The first kappa shape index (κ1) is 13.2. The number of benzene rings is 1. The van der Waals surface area contributed by atoms with Crippen LogP contribution in [-0.2, 0) is 4.74 Å². The summed E-state index contributed by atoms with van der Waals surface area (Å²) in [6, 6.07) is 6.18. The van der Waals surface area contributed by atoms with Crippen molar-refractivity contribution in [1.29, 1.82) is 0 Å². The molecule has 0 saturated carbocycles. The summed E-state index contributed by atoms with van der Waals surface area (Å²) in [4.78, 5) is 16.7. The fraction of sp³-hybridized carbons (Fsp3) is 0.231. The number of carbonyl (C=O) groups excluding carboxylic acids is 1. The molecule has 18 heavy (non-hydrogen) atoms. The maximum absolute atomic E-state index is 11.7. The molecule has 94 valence electrons. The molecule has 2 rings (SSSR count). The molecule has 5 heteroatoms. The quantitative estimate of drug-likeness (QED) is 0.784. The second kappa shape index (κ2) is 5.20. The van der Waals surface area contributed by atoms with Crippen LogP contribution in [0.5, 0.6) is 0 Å². The third-order valence-electron chi connectivity index (χ3n) is 2.46. The van der Waals surface area contributed by atoms with Gasteiger partial charge in [-0.25, -0.2) is 9.78 Å². The highest BCUT2D eigenvalue weighted by Crippen LogP contribution is 2.34. The first-order valence-corrected chi connectivity index (χ1v) is 6.95. The Bertz CT molecular complexity index is 587. The highest BCUT2D eigenvalue weighted by Gasteiger charge is 2.19. The average Bonchev–Trinajstić information content (AvgIpc) is 2.69. The number of methoxy groups -OCH3 is 1. The van der Waals surface area contributed by atoms with Gasteiger partial charge in [-0.05, 0) is 35.3 Å². The second-order valence-corrected chi connectivity index (χ2v) is 6.29. The fourth-order valence-corrected chi connectivity index (χ4v) is 3.26. The molecular weight excluding hydrogens is 314 g/mol. The number of hydrogen-bond acceptors (Lipinski definition) is 4. The number of rotatable bonds is 2. The van der Waals surface area contributed by atoms with Crippen molar-refractivity contribution in [2.45, 2.75) is 13.8 Å². The molecule has 2 aromatic rings. The Hall–Kier alpha value is -1.20. The van der Waals surface area contributed by atoms with Gasteiger partial charge in [-0.15, -0.1) is 11.3 Å². The summed E-state index contributed by atoms with van der Waals surface area (Å²) in [7, 11) is 1.36. The number of aryl methyl sites for hydroxylation is 2. The number of ether oxygens (including phenoxy) is 1. The van der Waals surface area contributed by atoms with E-state index in [9.17, 15) is 4.79 Å². The molecule has 0 amide bonds. The van der Waals surface area contributed by atoms with Gasteiger partial charge >= 0.3 is 5.97 Å². The SMILES string of the molecule is COC(=O)c1nc(Br)sc1-c1cc(C)cc(C)c1. The number of hydrogen-bond donors (Lipinski definition) is 0. The van der Waals surface area contributed by atoms with Crippen LogP contribution in [-0.4, -0.2) is 18.1 Å². The number of aromatic nitrogens is 1. The van der Waals surface area contributed by atoms with E-state index in [1.807, 2.05) is 26.0 Å². The zero-order valence-electron chi connectivity index (χ0n) is 10.3. The summed E-state index contributed by atoms with van der Waals surface area (Å²) in [5.41, 5.74) is 3.67. The number of nitrogens with zero attached hydrogens (tertiary/aromatic N) is 1. The van der Waals surface area contributed by atoms with Crippen molar-refractivity contribution < 1.29 is 9.53 Å². The minimum Gasteiger partial charge on any atom is -0.464 e. The predicted octanol–water partition coefficient (Wildman–Crippen LogP) is 3.98. The van der Waals surface area contributed by atoms with E-state index in [-0.39, 0.29) is 0 Å². The Morgan fingerprint density at radius 2 is 1.89 bits per heavy atom. The van der Waals surface area contributed by atoms with Gasteiger partial charge in [0.25, 0.3) is 0 Å². The van der Waals surface area contributed by atoms with Crippen molar-refractivity contribution in [2.75, 3.05) is 7.11 Å². The van der Waals surface area contributed by atoms with Gasteiger partial charge in [-0.3, -0.25) is 0 Å². The Morgan fingerprint density at radius 3 is 2.44 bits per heavy atom. The van der Waals surface area contributed by atoms with Gasteiger partial charge < -0.3 is 4.74 Å². The van der Waals surface area contributed by atoms with E-state index in [1.165, 1.54) is 18.4 Å². The number of halogens is 1. The topological polar surface area (TPSA) is 39.2 Å². The Morgan fingerprint density at radius 1 is 1.28 bits per heavy atom. The monoisotopic (exact) mass is 325 g/mol. The summed E-state index contributed by atoms with van der Waals surface area (Å²) < 4.78 is 5.43.